The number of aliphatic hydroxyl groups is 1. The smallest absolute Gasteiger partial charge is 0.149 e. The van der Waals surface area contributed by atoms with Crippen LogP contribution in [0.4, 0.5) is 0 Å². The number of nitrogens with zero attached hydrogens (tertiary/aromatic N) is 4. The molecule has 0 fully saturated rings. The molecule has 0 radical (unpaired) electrons. The van der Waals surface area contributed by atoms with Crippen molar-refractivity contribution in [2.45, 2.75) is 26.5 Å². The number of aliphatic hydroxyl groups excluding tert-OH is 1. The fraction of sp³-hybridized carbons (Fsp3) is 0.444. The topological polar surface area (TPSA) is 63.8 Å². The summed E-state index contributed by atoms with van der Waals surface area (Å²) in [6.07, 6.45) is 2.81. The maximum absolute atomic E-state index is 10.1. The Morgan fingerprint density at radius 2 is 2.40 bits per heavy atom. The lowest BCUT2D eigenvalue weighted by Crippen LogP contribution is -2.08. The van der Waals surface area contributed by atoms with Crippen molar-refractivity contribution in [2.24, 2.45) is 0 Å². The molecule has 5 nitrogen and oxygen atoms in total. The third kappa shape index (κ3) is 1.78. The van der Waals surface area contributed by atoms with E-state index in [9.17, 15) is 5.11 Å². The highest BCUT2D eigenvalue weighted by molar-refractivity contribution is 7.05. The van der Waals surface area contributed by atoms with Crippen LogP contribution in [0.1, 0.15) is 29.4 Å². The number of aromatic nitrogens is 4. The first kappa shape index (κ1) is 10.3. The van der Waals surface area contributed by atoms with Gasteiger partial charge in [-0.3, -0.25) is 0 Å². The molecule has 0 saturated heterocycles. The summed E-state index contributed by atoms with van der Waals surface area (Å²) < 4.78 is 5.71. The lowest BCUT2D eigenvalue weighted by atomic mass is 10.2. The van der Waals surface area contributed by atoms with Crippen LogP contribution >= 0.6 is 11.5 Å². The molecule has 2 rings (SSSR count). The minimum absolute atomic E-state index is 0.645. The maximum Gasteiger partial charge on any atom is 0.149 e. The second-order valence-electron chi connectivity index (χ2n) is 3.20. The quantitative estimate of drug-likeness (QED) is 0.849. The molecule has 1 atom stereocenters. The Kier molecular flexibility index (Phi) is 2.79. The van der Waals surface area contributed by atoms with E-state index in [4.69, 9.17) is 0 Å². The molecule has 15 heavy (non-hydrogen) atoms. The Hall–Kier alpha value is -1.27. The predicted molar refractivity (Wildman–Crippen MR) is 56.6 cm³/mol. The van der Waals surface area contributed by atoms with Gasteiger partial charge in [-0.05, 0) is 25.4 Å². The van der Waals surface area contributed by atoms with E-state index >= 15 is 0 Å². The van der Waals surface area contributed by atoms with Gasteiger partial charge in [0, 0.05) is 18.9 Å². The van der Waals surface area contributed by atoms with Crippen LogP contribution in [0.5, 0.6) is 0 Å². The molecule has 0 aliphatic heterocycles. The van der Waals surface area contributed by atoms with Gasteiger partial charge in [0.15, 0.2) is 0 Å². The molecular weight excluding hydrogens is 212 g/mol. The van der Waals surface area contributed by atoms with Crippen LogP contribution in [0, 0.1) is 6.92 Å². The highest BCUT2D eigenvalue weighted by Gasteiger charge is 2.20. The van der Waals surface area contributed by atoms with Crippen molar-refractivity contribution in [3.8, 4) is 0 Å². The van der Waals surface area contributed by atoms with Crippen LogP contribution < -0.4 is 0 Å². The number of aryl methyl sites for hydroxylation is 2. The van der Waals surface area contributed by atoms with Gasteiger partial charge >= 0.3 is 0 Å². The van der Waals surface area contributed by atoms with Gasteiger partial charge in [0.05, 0.1) is 10.6 Å². The van der Waals surface area contributed by atoms with Gasteiger partial charge in [-0.2, -0.15) is 0 Å². The molecule has 0 amide bonds. The summed E-state index contributed by atoms with van der Waals surface area (Å²) in [6.45, 7) is 4.63. The molecule has 1 N–H and O–H groups in total. The normalized spacial score (nSPS) is 13.0. The van der Waals surface area contributed by atoms with E-state index in [1.165, 1.54) is 11.5 Å². The van der Waals surface area contributed by atoms with Crippen LogP contribution in [-0.2, 0) is 6.54 Å². The maximum atomic E-state index is 10.1. The zero-order valence-electron chi connectivity index (χ0n) is 8.58. The van der Waals surface area contributed by atoms with Crippen molar-refractivity contribution >= 4 is 11.5 Å². The molecule has 2 aromatic rings. The second kappa shape index (κ2) is 4.08. The Labute approximate surface area is 91.6 Å². The Bertz CT molecular complexity index is 450. The SMILES string of the molecule is CCn1ccnc1C(O)c1snnc1C. The predicted octanol–water partition coefficient (Wildman–Crippen LogP) is 1.14. The number of rotatable bonds is 3. The summed E-state index contributed by atoms with van der Waals surface area (Å²) in [5, 5.41) is 14.0. The lowest BCUT2D eigenvalue weighted by Gasteiger charge is -2.09. The summed E-state index contributed by atoms with van der Waals surface area (Å²) in [5.74, 6) is 0.645. The van der Waals surface area contributed by atoms with Crippen LogP contribution in [0.25, 0.3) is 0 Å². The minimum atomic E-state index is -0.722. The van der Waals surface area contributed by atoms with Gasteiger partial charge in [0.1, 0.15) is 11.9 Å². The summed E-state index contributed by atoms with van der Waals surface area (Å²) in [5.41, 5.74) is 0.762. The third-order valence-corrected chi connectivity index (χ3v) is 3.15. The van der Waals surface area contributed by atoms with Gasteiger partial charge in [0.2, 0.25) is 0 Å². The molecule has 0 aliphatic rings. The van der Waals surface area contributed by atoms with Gasteiger partial charge in [0.25, 0.3) is 0 Å². The van der Waals surface area contributed by atoms with Crippen molar-refractivity contribution in [1.82, 2.24) is 19.1 Å². The number of imidazole rings is 1. The highest BCUT2D eigenvalue weighted by Crippen LogP contribution is 2.25. The zero-order chi connectivity index (χ0) is 10.8. The van der Waals surface area contributed by atoms with Crippen molar-refractivity contribution in [2.75, 3.05) is 0 Å². The molecule has 0 aromatic carbocycles. The average molecular weight is 224 g/mol. The largest absolute Gasteiger partial charge is 0.379 e. The molecule has 0 spiro atoms. The standard InChI is InChI=1S/C9H12N4OS/c1-3-13-5-4-10-9(13)7(14)8-6(2)11-12-15-8/h4-5,7,14H,3H2,1-2H3. The fourth-order valence-corrected chi connectivity index (χ4v) is 2.07. The van der Waals surface area contributed by atoms with Crippen LogP contribution in [0.15, 0.2) is 12.4 Å². The highest BCUT2D eigenvalue weighted by atomic mass is 32.1. The summed E-state index contributed by atoms with van der Waals surface area (Å²) in [4.78, 5) is 4.91. The molecular formula is C9H12N4OS. The summed E-state index contributed by atoms with van der Waals surface area (Å²) >= 11 is 1.21. The summed E-state index contributed by atoms with van der Waals surface area (Å²) in [6, 6.07) is 0. The molecule has 0 aliphatic carbocycles. The van der Waals surface area contributed by atoms with E-state index < -0.39 is 6.10 Å². The van der Waals surface area contributed by atoms with E-state index in [2.05, 4.69) is 14.6 Å². The van der Waals surface area contributed by atoms with Crippen molar-refractivity contribution in [1.29, 1.82) is 0 Å². The molecule has 0 saturated carbocycles. The van der Waals surface area contributed by atoms with Gasteiger partial charge in [-0.25, -0.2) is 4.98 Å². The first-order chi connectivity index (χ1) is 7.24. The lowest BCUT2D eigenvalue weighted by molar-refractivity contribution is 0.207. The summed E-state index contributed by atoms with van der Waals surface area (Å²) in [7, 11) is 0. The zero-order valence-corrected chi connectivity index (χ0v) is 9.40. The third-order valence-electron chi connectivity index (χ3n) is 2.27. The fourth-order valence-electron chi connectivity index (χ4n) is 1.44. The van der Waals surface area contributed by atoms with Gasteiger partial charge < -0.3 is 9.67 Å². The number of hydrogen-bond acceptors (Lipinski definition) is 5. The van der Waals surface area contributed by atoms with Crippen LogP contribution in [0.2, 0.25) is 0 Å². The van der Waals surface area contributed by atoms with E-state index in [-0.39, 0.29) is 0 Å². The monoisotopic (exact) mass is 224 g/mol. The Morgan fingerprint density at radius 3 is 3.00 bits per heavy atom. The molecule has 2 aromatic heterocycles. The molecule has 2 heterocycles. The van der Waals surface area contributed by atoms with E-state index in [0.717, 1.165) is 17.1 Å². The van der Waals surface area contributed by atoms with Crippen molar-refractivity contribution in [3.05, 3.63) is 28.8 Å². The van der Waals surface area contributed by atoms with Crippen molar-refractivity contribution in [3.63, 3.8) is 0 Å². The molecule has 1 unspecified atom stereocenters. The minimum Gasteiger partial charge on any atom is -0.379 e. The van der Waals surface area contributed by atoms with Gasteiger partial charge in [-0.15, -0.1) is 5.10 Å². The first-order valence-corrected chi connectivity index (χ1v) is 5.49. The van der Waals surface area contributed by atoms with E-state index in [1.807, 2.05) is 24.6 Å². The van der Waals surface area contributed by atoms with Gasteiger partial charge in [-0.1, -0.05) is 4.49 Å². The molecule has 0 bridgehead atoms. The molecule has 6 heteroatoms. The van der Waals surface area contributed by atoms with E-state index in [0.29, 0.717) is 5.82 Å². The van der Waals surface area contributed by atoms with Crippen LogP contribution in [-0.4, -0.2) is 24.2 Å². The van der Waals surface area contributed by atoms with Crippen LogP contribution in [0.3, 0.4) is 0 Å². The number of hydrogen-bond donors (Lipinski definition) is 1. The Balaban J connectivity index is 2.36. The van der Waals surface area contributed by atoms with Crippen molar-refractivity contribution < 1.29 is 5.11 Å². The first-order valence-electron chi connectivity index (χ1n) is 4.72. The van der Waals surface area contributed by atoms with E-state index in [1.54, 1.807) is 6.20 Å². The molecule has 80 valence electrons. The average Bonchev–Trinajstić information content (AvgIpc) is 2.84. The second-order valence-corrected chi connectivity index (χ2v) is 3.98. The Morgan fingerprint density at radius 1 is 1.60 bits per heavy atom.